The van der Waals surface area contributed by atoms with Crippen LogP contribution in [-0.2, 0) is 19.0 Å². The maximum Gasteiger partial charge on any atom is 0.416 e. The third-order valence-electron chi connectivity index (χ3n) is 19.0. The van der Waals surface area contributed by atoms with Crippen molar-refractivity contribution in [3.8, 4) is 0 Å². The number of piperidine rings is 1. The van der Waals surface area contributed by atoms with Gasteiger partial charge >= 0.3 is 6.18 Å². The molecule has 11 nitrogen and oxygen atoms in total. The Balaban J connectivity index is 1.38. The SMILES string of the molecule is CC[C@H](C)[C@H]1CN(C)CCN(C)CCN(C)[C@@H](Cc2ccc(Cl)cc2)CN(C)CCN[C@@H](CCc2ccc(C(F)(F)F)cc2)CN(C)[C@@H](CC(C)C)CNC2(CCCC2)CN(C)[C@@H](CC(C)C)CN[C@H](C)CCN2CCCC[C@H]2CN1. The Hall–Kier alpha value is -1.92. The Morgan fingerprint density at radius 2 is 1.25 bits per heavy atom. The van der Waals surface area contributed by atoms with Crippen molar-refractivity contribution in [1.29, 1.82) is 0 Å². The van der Waals surface area contributed by atoms with Gasteiger partial charge in [0.05, 0.1) is 5.56 Å². The van der Waals surface area contributed by atoms with Gasteiger partial charge in [0, 0.05) is 138 Å². The van der Waals surface area contributed by atoms with Crippen molar-refractivity contribution in [1.82, 2.24) is 55.6 Å². The molecule has 1 aliphatic carbocycles. The number of hydrogen-bond donors (Lipinski definition) is 4. The first-order valence-electron chi connectivity index (χ1n) is 32.3. The minimum Gasteiger partial charge on any atom is -0.313 e. The van der Waals surface area contributed by atoms with Gasteiger partial charge in [-0.1, -0.05) is 103 Å². The quantitative estimate of drug-likeness (QED) is 0.174. The molecule has 1 saturated carbocycles. The highest BCUT2D eigenvalue weighted by atomic mass is 35.5. The summed E-state index contributed by atoms with van der Waals surface area (Å²) in [6.07, 6.45) is 11.6. The molecule has 466 valence electrons. The van der Waals surface area contributed by atoms with Gasteiger partial charge in [0.25, 0.3) is 0 Å². The Kier molecular flexibility index (Phi) is 30.7. The van der Waals surface area contributed by atoms with E-state index in [1.54, 1.807) is 12.1 Å². The number of fused-ring (bicyclic) bond motifs is 1. The lowest BCUT2D eigenvalue weighted by atomic mass is 9.93. The van der Waals surface area contributed by atoms with Gasteiger partial charge in [0.15, 0.2) is 0 Å². The number of alkyl halides is 3. The van der Waals surface area contributed by atoms with Gasteiger partial charge in [0.1, 0.15) is 0 Å². The van der Waals surface area contributed by atoms with Crippen LogP contribution in [0.15, 0.2) is 48.5 Å². The zero-order valence-electron chi connectivity index (χ0n) is 53.5. The predicted octanol–water partition coefficient (Wildman–Crippen LogP) is 10.4. The number of halogens is 4. The van der Waals surface area contributed by atoms with Crippen LogP contribution in [0.25, 0.3) is 0 Å². The fraction of sp³-hybridized carbons (Fsp3) is 0.818. The lowest BCUT2D eigenvalue weighted by Crippen LogP contribution is -2.58. The number of likely N-dealkylation sites (N-methyl/N-ethyl adjacent to an activating group) is 6. The minimum atomic E-state index is -4.35. The molecule has 0 bridgehead atoms. The normalized spacial score (nSPS) is 28.3. The third kappa shape index (κ3) is 25.5. The molecule has 4 N–H and O–H groups in total. The molecule has 2 saturated heterocycles. The van der Waals surface area contributed by atoms with Gasteiger partial charge in [-0.3, -0.25) is 4.90 Å². The van der Waals surface area contributed by atoms with Crippen molar-refractivity contribution in [3.05, 3.63) is 70.2 Å². The Morgan fingerprint density at radius 3 is 1.90 bits per heavy atom. The zero-order chi connectivity index (χ0) is 59.1. The van der Waals surface area contributed by atoms with Crippen molar-refractivity contribution in [2.24, 2.45) is 17.8 Å². The van der Waals surface area contributed by atoms with Gasteiger partial charge in [-0.15, -0.1) is 0 Å². The highest BCUT2D eigenvalue weighted by molar-refractivity contribution is 6.30. The molecule has 81 heavy (non-hydrogen) atoms. The zero-order valence-corrected chi connectivity index (χ0v) is 54.3. The molecule has 8 atom stereocenters. The number of nitrogens with zero attached hydrogens (tertiary/aromatic N) is 7. The fourth-order valence-corrected chi connectivity index (χ4v) is 13.3. The van der Waals surface area contributed by atoms with Crippen molar-refractivity contribution in [2.75, 3.05) is 140 Å². The average Bonchev–Trinajstić information content (AvgIpc) is 4.02. The number of aryl methyl sites for hydroxylation is 1. The van der Waals surface area contributed by atoms with Crippen molar-refractivity contribution in [2.45, 2.75) is 192 Å². The van der Waals surface area contributed by atoms with Crippen LogP contribution in [0.5, 0.6) is 0 Å². The maximum absolute atomic E-state index is 13.6. The highest BCUT2D eigenvalue weighted by Crippen LogP contribution is 2.33. The second-order valence-electron chi connectivity index (χ2n) is 27.2. The monoisotopic (exact) mass is 1160 g/mol. The number of benzene rings is 2. The molecule has 15 heteroatoms. The smallest absolute Gasteiger partial charge is 0.313 e. The van der Waals surface area contributed by atoms with Gasteiger partial charge in [-0.2, -0.15) is 13.2 Å². The summed E-state index contributed by atoms with van der Waals surface area (Å²) in [7, 11) is 13.8. The van der Waals surface area contributed by atoms with Crippen LogP contribution in [0.3, 0.4) is 0 Å². The second-order valence-corrected chi connectivity index (χ2v) is 27.6. The number of hydrogen-bond acceptors (Lipinski definition) is 11. The largest absolute Gasteiger partial charge is 0.416 e. The molecule has 0 amide bonds. The maximum atomic E-state index is 13.6. The minimum absolute atomic E-state index is 0.0729. The van der Waals surface area contributed by atoms with Gasteiger partial charge in [-0.05, 0) is 180 Å². The predicted molar refractivity (Wildman–Crippen MR) is 339 cm³/mol. The molecule has 2 heterocycles. The number of nitrogens with one attached hydrogen (secondary N) is 4. The molecule has 1 spiro atoms. The van der Waals surface area contributed by atoms with E-state index in [4.69, 9.17) is 11.6 Å². The highest BCUT2D eigenvalue weighted by Gasteiger charge is 2.38. The van der Waals surface area contributed by atoms with Crippen molar-refractivity contribution < 1.29 is 13.2 Å². The lowest BCUT2D eigenvalue weighted by molar-refractivity contribution is -0.137. The molecular formula is C66H119ClF3N11. The van der Waals surface area contributed by atoms with E-state index in [9.17, 15) is 13.2 Å². The molecule has 0 unspecified atom stereocenters. The van der Waals surface area contributed by atoms with E-state index in [1.807, 2.05) is 12.1 Å². The van der Waals surface area contributed by atoms with Crippen LogP contribution in [0.4, 0.5) is 13.2 Å². The Bertz CT molecular complexity index is 1970. The molecule has 5 rings (SSSR count). The van der Waals surface area contributed by atoms with E-state index in [2.05, 4.69) is 158 Å². The molecule has 2 aromatic carbocycles. The van der Waals surface area contributed by atoms with E-state index in [-0.39, 0.29) is 11.6 Å². The summed E-state index contributed by atoms with van der Waals surface area (Å²) in [5, 5.41) is 17.3. The molecule has 2 aliphatic heterocycles. The summed E-state index contributed by atoms with van der Waals surface area (Å²) in [5.74, 6) is 1.74. The fourth-order valence-electron chi connectivity index (χ4n) is 13.2. The van der Waals surface area contributed by atoms with Gasteiger partial charge in [-0.25, -0.2) is 0 Å². The standard InChI is InChI=1S/C66H119ClF3N11/c1-14-53(6)64-49-77(10)38-37-75(8)39-40-78(11)63(43-56-22-27-58(67)28-23-56)48-76(9)36-33-71-59(29-24-55-20-25-57(26-21-55)66(68,69)70)47-79(12)62(42-52(4)5)46-74-65(31-16-17-32-65)50-80(13)61(41-51(2)3)45-72-54(7)30-35-81-34-18-15-19-60(81)44-73-64/h20-23,25-28,51-54,59-64,71-74H,14-19,24,29-50H2,1-13H3/t53-,54+,59-,60-,61-,62-,63-,64+/m0/s1. The summed E-state index contributed by atoms with van der Waals surface area (Å²) in [6, 6.07) is 16.9. The first-order valence-corrected chi connectivity index (χ1v) is 32.6. The van der Waals surface area contributed by atoms with E-state index in [0.717, 1.165) is 128 Å². The van der Waals surface area contributed by atoms with E-state index in [0.29, 0.717) is 60.4 Å². The summed E-state index contributed by atoms with van der Waals surface area (Å²) in [4.78, 5) is 18.2. The molecule has 3 fully saturated rings. The third-order valence-corrected chi connectivity index (χ3v) is 19.3. The second kappa shape index (κ2) is 35.6. The summed E-state index contributed by atoms with van der Waals surface area (Å²) < 4.78 is 40.8. The van der Waals surface area contributed by atoms with Crippen LogP contribution in [-0.4, -0.2) is 223 Å². The van der Waals surface area contributed by atoms with Crippen LogP contribution < -0.4 is 21.3 Å². The molecule has 0 radical (unpaired) electrons. The summed E-state index contributed by atoms with van der Waals surface area (Å²) in [6.45, 7) is 31.6. The first-order chi connectivity index (χ1) is 38.5. The van der Waals surface area contributed by atoms with Crippen LogP contribution in [0, 0.1) is 17.8 Å². The molecule has 2 aromatic rings. The Labute approximate surface area is 498 Å². The van der Waals surface area contributed by atoms with Crippen LogP contribution in [0.2, 0.25) is 5.02 Å². The molecule has 3 aliphatic rings. The lowest BCUT2D eigenvalue weighted by Gasteiger charge is -2.41. The summed E-state index contributed by atoms with van der Waals surface area (Å²) >= 11 is 6.39. The van der Waals surface area contributed by atoms with Gasteiger partial charge < -0.3 is 50.7 Å². The Morgan fingerprint density at radius 1 is 0.617 bits per heavy atom. The van der Waals surface area contributed by atoms with Crippen molar-refractivity contribution in [3.63, 3.8) is 0 Å². The van der Waals surface area contributed by atoms with Crippen LogP contribution in [0.1, 0.15) is 142 Å². The van der Waals surface area contributed by atoms with Crippen LogP contribution >= 0.6 is 11.6 Å². The topological polar surface area (TPSA) is 70.8 Å². The van der Waals surface area contributed by atoms with Crippen molar-refractivity contribution >= 4 is 11.6 Å². The average molecular weight is 1160 g/mol. The van der Waals surface area contributed by atoms with E-state index >= 15 is 0 Å². The first kappa shape index (κ1) is 69.8. The molecular weight excluding hydrogens is 1040 g/mol. The van der Waals surface area contributed by atoms with Gasteiger partial charge in [0.2, 0.25) is 0 Å². The van der Waals surface area contributed by atoms with E-state index < -0.39 is 11.7 Å². The number of rotatable bonds is 11. The van der Waals surface area contributed by atoms with E-state index in [1.165, 1.54) is 82.0 Å². The molecule has 0 aromatic heterocycles. The summed E-state index contributed by atoms with van der Waals surface area (Å²) in [5.41, 5.74) is 1.71.